The predicted molar refractivity (Wildman–Crippen MR) is 97.4 cm³/mol. The van der Waals surface area contributed by atoms with Crippen molar-refractivity contribution in [2.24, 2.45) is 0 Å². The molecule has 2 aliphatic carbocycles. The fourth-order valence-electron chi connectivity index (χ4n) is 2.92. The van der Waals surface area contributed by atoms with E-state index in [0.717, 1.165) is 16.5 Å². The molecule has 25 heavy (non-hydrogen) atoms. The molecule has 0 radical (unpaired) electrons. The SMILES string of the molecule is COc1ccc(C)cc1NC(=O)CSc1nnc(C2CC2)n1C1CC1. The number of aromatic nitrogens is 3. The molecule has 2 fully saturated rings. The Kier molecular flexibility index (Phi) is 4.41. The fourth-order valence-corrected chi connectivity index (χ4v) is 3.73. The first-order chi connectivity index (χ1) is 12.2. The molecule has 1 aromatic heterocycles. The number of benzene rings is 1. The van der Waals surface area contributed by atoms with Crippen LogP contribution >= 0.6 is 11.8 Å². The number of nitrogens with zero attached hydrogens (tertiary/aromatic N) is 3. The van der Waals surface area contributed by atoms with E-state index in [4.69, 9.17) is 4.74 Å². The van der Waals surface area contributed by atoms with Crippen molar-refractivity contribution in [3.8, 4) is 5.75 Å². The van der Waals surface area contributed by atoms with Gasteiger partial charge < -0.3 is 14.6 Å². The second-order valence-corrected chi connectivity index (χ2v) is 7.70. The summed E-state index contributed by atoms with van der Waals surface area (Å²) in [4.78, 5) is 12.4. The Morgan fingerprint density at radius 3 is 2.80 bits per heavy atom. The molecule has 7 heteroatoms. The topological polar surface area (TPSA) is 69.0 Å². The van der Waals surface area contributed by atoms with Crippen LogP contribution < -0.4 is 10.1 Å². The molecule has 6 nitrogen and oxygen atoms in total. The molecule has 2 aliphatic rings. The Bertz CT molecular complexity index is 796. The van der Waals surface area contributed by atoms with Crippen molar-refractivity contribution in [1.82, 2.24) is 14.8 Å². The van der Waals surface area contributed by atoms with E-state index in [1.807, 2.05) is 25.1 Å². The predicted octanol–water partition coefficient (Wildman–Crippen LogP) is 3.54. The van der Waals surface area contributed by atoms with Gasteiger partial charge in [0.05, 0.1) is 18.6 Å². The van der Waals surface area contributed by atoms with Crippen molar-refractivity contribution >= 4 is 23.4 Å². The molecule has 1 heterocycles. The second kappa shape index (κ2) is 6.71. The number of methoxy groups -OCH3 is 1. The fraction of sp³-hybridized carbons (Fsp3) is 0.500. The Morgan fingerprint density at radius 2 is 2.12 bits per heavy atom. The molecule has 2 saturated carbocycles. The number of hydrogen-bond donors (Lipinski definition) is 1. The first-order valence-corrected chi connectivity index (χ1v) is 9.66. The van der Waals surface area contributed by atoms with Crippen LogP contribution in [0.15, 0.2) is 23.4 Å². The van der Waals surface area contributed by atoms with E-state index in [-0.39, 0.29) is 5.91 Å². The van der Waals surface area contributed by atoms with E-state index in [0.29, 0.717) is 29.1 Å². The van der Waals surface area contributed by atoms with Crippen LogP contribution in [0.1, 0.15) is 49.0 Å². The molecule has 132 valence electrons. The van der Waals surface area contributed by atoms with Crippen LogP contribution in [0.25, 0.3) is 0 Å². The second-order valence-electron chi connectivity index (χ2n) is 6.76. The molecule has 0 unspecified atom stereocenters. The summed E-state index contributed by atoms with van der Waals surface area (Å²) >= 11 is 1.46. The van der Waals surface area contributed by atoms with Crippen LogP contribution in [0.2, 0.25) is 0 Å². The monoisotopic (exact) mass is 358 g/mol. The maximum absolute atomic E-state index is 12.4. The van der Waals surface area contributed by atoms with Crippen molar-refractivity contribution in [3.63, 3.8) is 0 Å². The van der Waals surface area contributed by atoms with Gasteiger partial charge >= 0.3 is 0 Å². The number of ether oxygens (including phenoxy) is 1. The number of carbonyl (C=O) groups excluding carboxylic acids is 1. The van der Waals surface area contributed by atoms with Gasteiger partial charge in [0, 0.05) is 12.0 Å². The largest absolute Gasteiger partial charge is 0.495 e. The van der Waals surface area contributed by atoms with Crippen molar-refractivity contribution in [2.75, 3.05) is 18.2 Å². The highest BCUT2D eigenvalue weighted by atomic mass is 32.2. The van der Waals surface area contributed by atoms with Gasteiger partial charge in [-0.05, 0) is 50.3 Å². The van der Waals surface area contributed by atoms with Gasteiger partial charge in [0.15, 0.2) is 5.16 Å². The first-order valence-electron chi connectivity index (χ1n) is 8.68. The zero-order valence-electron chi connectivity index (χ0n) is 14.5. The number of amides is 1. The normalized spacial score (nSPS) is 16.7. The highest BCUT2D eigenvalue weighted by Crippen LogP contribution is 2.46. The number of nitrogens with one attached hydrogen (secondary N) is 1. The Balaban J connectivity index is 1.42. The average molecular weight is 358 g/mol. The van der Waals surface area contributed by atoms with Crippen molar-refractivity contribution in [3.05, 3.63) is 29.6 Å². The minimum atomic E-state index is -0.0628. The van der Waals surface area contributed by atoms with Crippen LogP contribution in [0.3, 0.4) is 0 Å². The number of aryl methyl sites for hydroxylation is 1. The lowest BCUT2D eigenvalue weighted by Crippen LogP contribution is -2.15. The maximum atomic E-state index is 12.4. The molecule has 1 N–H and O–H groups in total. The van der Waals surface area contributed by atoms with Crippen LogP contribution in [0.4, 0.5) is 5.69 Å². The van der Waals surface area contributed by atoms with Gasteiger partial charge in [0.2, 0.25) is 5.91 Å². The Morgan fingerprint density at radius 1 is 1.32 bits per heavy atom. The molecule has 4 rings (SSSR count). The van der Waals surface area contributed by atoms with Gasteiger partial charge in [-0.3, -0.25) is 4.79 Å². The van der Waals surface area contributed by atoms with E-state index in [2.05, 4.69) is 20.1 Å². The summed E-state index contributed by atoms with van der Waals surface area (Å²) in [5, 5.41) is 12.5. The summed E-state index contributed by atoms with van der Waals surface area (Å²) in [6.07, 6.45) is 4.81. The summed E-state index contributed by atoms with van der Waals surface area (Å²) in [5.74, 6) is 2.61. The van der Waals surface area contributed by atoms with Gasteiger partial charge in [-0.25, -0.2) is 0 Å². The van der Waals surface area contributed by atoms with E-state index < -0.39 is 0 Å². The molecule has 0 spiro atoms. The minimum Gasteiger partial charge on any atom is -0.495 e. The van der Waals surface area contributed by atoms with Crippen LogP contribution in [-0.2, 0) is 4.79 Å². The van der Waals surface area contributed by atoms with Crippen LogP contribution in [-0.4, -0.2) is 33.5 Å². The van der Waals surface area contributed by atoms with E-state index in [9.17, 15) is 4.79 Å². The molecule has 0 aliphatic heterocycles. The Labute approximate surface area is 151 Å². The Hall–Kier alpha value is -2.02. The third-order valence-electron chi connectivity index (χ3n) is 4.51. The highest BCUT2D eigenvalue weighted by molar-refractivity contribution is 7.99. The van der Waals surface area contributed by atoms with Gasteiger partial charge in [-0.2, -0.15) is 0 Å². The van der Waals surface area contributed by atoms with Gasteiger partial charge in [-0.15, -0.1) is 10.2 Å². The molecule has 0 atom stereocenters. The van der Waals surface area contributed by atoms with Crippen molar-refractivity contribution < 1.29 is 9.53 Å². The molecule has 1 amide bonds. The van der Waals surface area contributed by atoms with E-state index in [1.165, 1.54) is 37.4 Å². The molecule has 0 saturated heterocycles. The van der Waals surface area contributed by atoms with Gasteiger partial charge in [0.25, 0.3) is 0 Å². The molecule has 0 bridgehead atoms. The number of anilines is 1. The molecule has 1 aromatic carbocycles. The minimum absolute atomic E-state index is 0.0628. The maximum Gasteiger partial charge on any atom is 0.234 e. The quantitative estimate of drug-likeness (QED) is 0.767. The summed E-state index contributed by atoms with van der Waals surface area (Å²) in [5.41, 5.74) is 1.78. The molecular weight excluding hydrogens is 336 g/mol. The summed E-state index contributed by atoms with van der Waals surface area (Å²) in [6.45, 7) is 1.99. The summed E-state index contributed by atoms with van der Waals surface area (Å²) in [6, 6.07) is 6.28. The molecular formula is C18H22N4O2S. The van der Waals surface area contributed by atoms with Gasteiger partial charge in [0.1, 0.15) is 11.6 Å². The number of rotatable bonds is 7. The lowest BCUT2D eigenvalue weighted by atomic mass is 10.2. The first kappa shape index (κ1) is 16.4. The van der Waals surface area contributed by atoms with E-state index >= 15 is 0 Å². The van der Waals surface area contributed by atoms with Crippen molar-refractivity contribution in [1.29, 1.82) is 0 Å². The summed E-state index contributed by atoms with van der Waals surface area (Å²) in [7, 11) is 1.60. The third-order valence-corrected chi connectivity index (χ3v) is 5.45. The zero-order valence-corrected chi connectivity index (χ0v) is 15.3. The standard InChI is InChI=1S/C18H22N4O2S/c1-11-3-8-15(24-2)14(9-11)19-16(23)10-25-18-21-20-17(12-4-5-12)22(18)13-6-7-13/h3,8-9,12-13H,4-7,10H2,1-2H3,(H,19,23). The zero-order chi connectivity index (χ0) is 17.4. The van der Waals surface area contributed by atoms with Gasteiger partial charge in [-0.1, -0.05) is 17.8 Å². The lowest BCUT2D eigenvalue weighted by Gasteiger charge is -2.11. The van der Waals surface area contributed by atoms with Crippen LogP contribution in [0, 0.1) is 6.92 Å². The summed E-state index contributed by atoms with van der Waals surface area (Å²) < 4.78 is 7.58. The lowest BCUT2D eigenvalue weighted by molar-refractivity contribution is -0.113. The van der Waals surface area contributed by atoms with E-state index in [1.54, 1.807) is 7.11 Å². The smallest absolute Gasteiger partial charge is 0.234 e. The van der Waals surface area contributed by atoms with Crippen molar-refractivity contribution in [2.45, 2.75) is 49.7 Å². The number of hydrogen-bond acceptors (Lipinski definition) is 5. The molecule has 2 aromatic rings. The average Bonchev–Trinajstić information content (AvgIpc) is 3.52. The highest BCUT2D eigenvalue weighted by Gasteiger charge is 2.36. The van der Waals surface area contributed by atoms with Crippen LogP contribution in [0.5, 0.6) is 5.75 Å². The third kappa shape index (κ3) is 3.66. The number of carbonyl (C=O) groups is 1. The number of thioether (sulfide) groups is 1.